The summed E-state index contributed by atoms with van der Waals surface area (Å²) in [6.07, 6.45) is 2.77. The number of carbonyl (C=O) groups is 1. The SMILES string of the molecule is COc1ccc(C=NNC(=O)c2cccc(Br)c2)cc1CN1CC2CC(C1)c1cccc(=O)n1C2. The van der Waals surface area contributed by atoms with Crippen molar-refractivity contribution in [3.05, 3.63) is 97.9 Å². The Morgan fingerprint density at radius 1 is 1.14 bits per heavy atom. The van der Waals surface area contributed by atoms with E-state index in [1.807, 2.05) is 34.9 Å². The molecule has 2 aromatic carbocycles. The first-order valence-corrected chi connectivity index (χ1v) is 12.5. The number of benzene rings is 2. The van der Waals surface area contributed by atoms with Crippen molar-refractivity contribution >= 4 is 28.1 Å². The van der Waals surface area contributed by atoms with Crippen LogP contribution >= 0.6 is 15.9 Å². The van der Waals surface area contributed by atoms with E-state index >= 15 is 0 Å². The van der Waals surface area contributed by atoms with Gasteiger partial charge in [0.15, 0.2) is 0 Å². The second-order valence-corrected chi connectivity index (χ2v) is 10.1. The number of carbonyl (C=O) groups excluding carboxylic acids is 1. The van der Waals surface area contributed by atoms with Crippen LogP contribution in [-0.4, -0.2) is 41.8 Å². The summed E-state index contributed by atoms with van der Waals surface area (Å²) in [6.45, 7) is 3.38. The first kappa shape index (κ1) is 23.5. The third-order valence-electron chi connectivity index (χ3n) is 6.72. The summed E-state index contributed by atoms with van der Waals surface area (Å²) in [5.41, 5.74) is 6.32. The van der Waals surface area contributed by atoms with E-state index in [-0.39, 0.29) is 11.5 Å². The second kappa shape index (κ2) is 10.2. The number of hydrazone groups is 1. The van der Waals surface area contributed by atoms with Crippen molar-refractivity contribution in [1.82, 2.24) is 14.9 Å². The number of likely N-dealkylation sites (tertiary alicyclic amines) is 1. The van der Waals surface area contributed by atoms with E-state index in [9.17, 15) is 9.59 Å². The first-order valence-electron chi connectivity index (χ1n) is 11.7. The number of aromatic nitrogens is 1. The number of ether oxygens (including phenoxy) is 1. The molecule has 8 heteroatoms. The molecule has 0 spiro atoms. The van der Waals surface area contributed by atoms with E-state index < -0.39 is 0 Å². The number of rotatable bonds is 6. The van der Waals surface area contributed by atoms with Gasteiger partial charge in [-0.1, -0.05) is 28.1 Å². The topological polar surface area (TPSA) is 75.9 Å². The molecular formula is C27H27BrN4O3. The van der Waals surface area contributed by atoms with Gasteiger partial charge >= 0.3 is 0 Å². The summed E-state index contributed by atoms with van der Waals surface area (Å²) in [5.74, 6) is 1.38. The second-order valence-electron chi connectivity index (χ2n) is 9.17. The number of piperidine rings is 1. The molecular weight excluding hydrogens is 508 g/mol. The molecule has 3 aromatic rings. The van der Waals surface area contributed by atoms with Crippen LogP contribution in [0.2, 0.25) is 0 Å². The molecule has 180 valence electrons. The maximum atomic E-state index is 12.3. The summed E-state index contributed by atoms with van der Waals surface area (Å²) in [6, 6.07) is 18.7. The van der Waals surface area contributed by atoms with Gasteiger partial charge in [-0.05, 0) is 60.4 Å². The zero-order valence-electron chi connectivity index (χ0n) is 19.5. The van der Waals surface area contributed by atoms with E-state index in [0.29, 0.717) is 17.4 Å². The molecule has 1 fully saturated rings. The molecule has 5 rings (SSSR count). The van der Waals surface area contributed by atoms with Crippen LogP contribution < -0.4 is 15.7 Å². The van der Waals surface area contributed by atoms with Crippen molar-refractivity contribution in [2.24, 2.45) is 11.0 Å². The molecule has 0 saturated carbocycles. The smallest absolute Gasteiger partial charge is 0.271 e. The van der Waals surface area contributed by atoms with Gasteiger partial charge in [0, 0.05) is 59.5 Å². The average Bonchev–Trinajstić information content (AvgIpc) is 2.85. The molecule has 2 aliphatic heterocycles. The molecule has 1 N–H and O–H groups in total. The van der Waals surface area contributed by atoms with Crippen LogP contribution in [0.1, 0.15) is 39.5 Å². The van der Waals surface area contributed by atoms with Crippen molar-refractivity contribution in [1.29, 1.82) is 0 Å². The summed E-state index contributed by atoms with van der Waals surface area (Å²) in [4.78, 5) is 27.1. The largest absolute Gasteiger partial charge is 0.496 e. The molecule has 0 aliphatic carbocycles. The van der Waals surface area contributed by atoms with Crippen LogP contribution in [0, 0.1) is 5.92 Å². The lowest BCUT2D eigenvalue weighted by Crippen LogP contribution is -2.46. The van der Waals surface area contributed by atoms with E-state index in [1.54, 1.807) is 31.5 Å². The maximum Gasteiger partial charge on any atom is 0.271 e. The molecule has 1 amide bonds. The monoisotopic (exact) mass is 534 g/mol. The number of hydrogen-bond donors (Lipinski definition) is 1. The highest BCUT2D eigenvalue weighted by Crippen LogP contribution is 2.36. The van der Waals surface area contributed by atoms with Crippen molar-refractivity contribution in [2.45, 2.75) is 25.4 Å². The number of fused-ring (bicyclic) bond motifs is 4. The van der Waals surface area contributed by atoms with Crippen molar-refractivity contribution in [3.8, 4) is 5.75 Å². The quantitative estimate of drug-likeness (QED) is 0.383. The lowest BCUT2D eigenvalue weighted by atomic mass is 9.83. The molecule has 1 saturated heterocycles. The number of methoxy groups -OCH3 is 1. The Hall–Kier alpha value is -3.23. The van der Waals surface area contributed by atoms with Gasteiger partial charge in [-0.2, -0.15) is 5.10 Å². The highest BCUT2D eigenvalue weighted by atomic mass is 79.9. The fraction of sp³-hybridized carbons (Fsp3) is 0.296. The van der Waals surface area contributed by atoms with Gasteiger partial charge in [-0.25, -0.2) is 5.43 Å². The fourth-order valence-electron chi connectivity index (χ4n) is 5.23. The van der Waals surface area contributed by atoms with Crippen LogP contribution in [0.25, 0.3) is 0 Å². The third kappa shape index (κ3) is 5.23. The Balaban J connectivity index is 1.28. The first-order chi connectivity index (χ1) is 17.0. The Bertz CT molecular complexity index is 1340. The van der Waals surface area contributed by atoms with E-state index in [1.165, 1.54) is 0 Å². The minimum absolute atomic E-state index is 0.103. The molecule has 2 unspecified atom stereocenters. The molecule has 7 nitrogen and oxygen atoms in total. The Morgan fingerprint density at radius 3 is 2.83 bits per heavy atom. The molecule has 2 aliphatic rings. The number of nitrogens with one attached hydrogen (secondary N) is 1. The standard InChI is InChI=1S/C27H27BrN4O3/c1-35-25-9-8-18(13-29-30-27(34)20-4-2-5-23(28)12-20)10-22(25)17-31-14-19-11-21(16-31)24-6-3-7-26(33)32(24)15-19/h2-10,12-13,19,21H,11,14-17H2,1H3,(H,30,34). The maximum absolute atomic E-state index is 12.3. The van der Waals surface area contributed by atoms with E-state index in [2.05, 4.69) is 43.5 Å². The minimum atomic E-state index is -0.268. The number of amides is 1. The van der Waals surface area contributed by atoms with Crippen molar-refractivity contribution in [3.63, 3.8) is 0 Å². The third-order valence-corrected chi connectivity index (χ3v) is 7.21. The van der Waals surface area contributed by atoms with Crippen LogP contribution in [0.4, 0.5) is 0 Å². The van der Waals surface area contributed by atoms with Crippen LogP contribution in [-0.2, 0) is 13.1 Å². The summed E-state index contributed by atoms with van der Waals surface area (Å²) in [7, 11) is 1.68. The Morgan fingerprint density at radius 2 is 2.00 bits per heavy atom. The summed E-state index contributed by atoms with van der Waals surface area (Å²) < 4.78 is 8.42. The summed E-state index contributed by atoms with van der Waals surface area (Å²) >= 11 is 3.37. The van der Waals surface area contributed by atoms with E-state index in [0.717, 1.165) is 59.6 Å². The molecule has 2 atom stereocenters. The van der Waals surface area contributed by atoms with E-state index in [4.69, 9.17) is 4.74 Å². The van der Waals surface area contributed by atoms with Crippen LogP contribution in [0.3, 0.4) is 0 Å². The predicted molar refractivity (Wildman–Crippen MR) is 139 cm³/mol. The van der Waals surface area contributed by atoms with Gasteiger partial charge in [0.25, 0.3) is 11.5 Å². The molecule has 1 aromatic heterocycles. The fourth-order valence-corrected chi connectivity index (χ4v) is 5.63. The highest BCUT2D eigenvalue weighted by Gasteiger charge is 2.34. The van der Waals surface area contributed by atoms with Crippen LogP contribution in [0.15, 0.2) is 75.0 Å². The van der Waals surface area contributed by atoms with Crippen LogP contribution in [0.5, 0.6) is 5.75 Å². The molecule has 35 heavy (non-hydrogen) atoms. The lowest BCUT2D eigenvalue weighted by Gasteiger charge is -2.42. The average molecular weight is 535 g/mol. The number of halogens is 1. The van der Waals surface area contributed by atoms with Gasteiger partial charge in [-0.15, -0.1) is 0 Å². The Kier molecular flexibility index (Phi) is 6.83. The lowest BCUT2D eigenvalue weighted by molar-refractivity contribution is 0.0955. The van der Waals surface area contributed by atoms with Gasteiger partial charge in [0.05, 0.1) is 13.3 Å². The molecule has 3 heterocycles. The predicted octanol–water partition coefficient (Wildman–Crippen LogP) is 4.00. The summed E-state index contributed by atoms with van der Waals surface area (Å²) in [5, 5.41) is 4.14. The van der Waals surface area contributed by atoms with Crippen molar-refractivity contribution in [2.75, 3.05) is 20.2 Å². The zero-order valence-corrected chi connectivity index (χ0v) is 21.1. The van der Waals surface area contributed by atoms with Gasteiger partial charge in [0.1, 0.15) is 5.75 Å². The molecule has 2 bridgehead atoms. The molecule has 0 radical (unpaired) electrons. The van der Waals surface area contributed by atoms with Gasteiger partial charge in [0.2, 0.25) is 0 Å². The number of pyridine rings is 1. The number of nitrogens with zero attached hydrogens (tertiary/aromatic N) is 3. The van der Waals surface area contributed by atoms with Gasteiger partial charge < -0.3 is 9.30 Å². The zero-order chi connectivity index (χ0) is 24.4. The number of hydrogen-bond acceptors (Lipinski definition) is 5. The van der Waals surface area contributed by atoms with Crippen molar-refractivity contribution < 1.29 is 9.53 Å². The van der Waals surface area contributed by atoms with Gasteiger partial charge in [-0.3, -0.25) is 14.5 Å². The normalized spacial score (nSPS) is 19.4. The Labute approximate surface area is 212 Å². The highest BCUT2D eigenvalue weighted by molar-refractivity contribution is 9.10. The minimum Gasteiger partial charge on any atom is -0.496 e.